The zero-order valence-corrected chi connectivity index (χ0v) is 17.9. The molecule has 0 saturated carbocycles. The van der Waals surface area contributed by atoms with Gasteiger partial charge < -0.3 is 9.47 Å². The van der Waals surface area contributed by atoms with E-state index in [0.717, 1.165) is 19.6 Å². The van der Waals surface area contributed by atoms with Gasteiger partial charge in [-0.1, -0.05) is 18.2 Å². The zero-order valence-electron chi connectivity index (χ0n) is 17.1. The molecule has 9 heteroatoms. The number of benzene rings is 1. The maximum atomic E-state index is 13.2. The van der Waals surface area contributed by atoms with Crippen molar-refractivity contribution < 1.29 is 22.7 Å². The molecule has 1 fully saturated rings. The van der Waals surface area contributed by atoms with E-state index in [0.29, 0.717) is 36.6 Å². The molecule has 0 unspecified atom stereocenters. The number of aromatic nitrogens is 1. The summed E-state index contributed by atoms with van der Waals surface area (Å²) in [7, 11) is -2.26. The molecule has 0 amide bonds. The van der Waals surface area contributed by atoms with E-state index in [-0.39, 0.29) is 12.3 Å². The minimum absolute atomic E-state index is 0.0412. The predicted molar refractivity (Wildman–Crippen MR) is 114 cm³/mol. The van der Waals surface area contributed by atoms with E-state index in [4.69, 9.17) is 4.74 Å². The van der Waals surface area contributed by atoms with Gasteiger partial charge in [0.1, 0.15) is 0 Å². The normalized spacial score (nSPS) is 15.0. The van der Waals surface area contributed by atoms with Gasteiger partial charge in [0.15, 0.2) is 0 Å². The first-order valence-electron chi connectivity index (χ1n) is 9.88. The fourth-order valence-corrected chi connectivity index (χ4v) is 4.74. The van der Waals surface area contributed by atoms with Gasteiger partial charge in [-0.15, -0.1) is 0 Å². The number of carbonyl (C=O) groups excluding carboxylic acids is 1. The number of ether oxygens (including phenoxy) is 2. The average Bonchev–Trinajstić information content (AvgIpc) is 2.78. The Kier molecular flexibility index (Phi) is 7.78. The Bertz CT molecular complexity index is 913. The number of rotatable bonds is 9. The molecule has 3 rings (SSSR count). The van der Waals surface area contributed by atoms with Crippen molar-refractivity contribution >= 4 is 21.7 Å². The summed E-state index contributed by atoms with van der Waals surface area (Å²) in [5.41, 5.74) is 1.45. The molecule has 162 valence electrons. The maximum absolute atomic E-state index is 13.2. The third kappa shape index (κ3) is 6.01. The summed E-state index contributed by atoms with van der Waals surface area (Å²) < 4.78 is 37.8. The van der Waals surface area contributed by atoms with Crippen LogP contribution in [0.3, 0.4) is 0 Å². The molecule has 30 heavy (non-hydrogen) atoms. The highest BCUT2D eigenvalue weighted by molar-refractivity contribution is 7.92. The molecule has 0 N–H and O–H groups in total. The minimum Gasteiger partial charge on any atom is -0.465 e. The maximum Gasteiger partial charge on any atom is 0.339 e. The standard InChI is InChI=1S/C21H27N3O5S/c1-28-21(25)18-8-9-19(22-16-18)17-24(20-6-3-2-4-7-20)30(26,27)15-5-10-23-11-13-29-14-12-23/h2-4,6-9,16H,5,10-15,17H2,1H3. The lowest BCUT2D eigenvalue weighted by Crippen LogP contribution is -2.38. The topological polar surface area (TPSA) is 89.0 Å². The van der Waals surface area contributed by atoms with Crippen molar-refractivity contribution in [3.05, 3.63) is 59.9 Å². The van der Waals surface area contributed by atoms with Crippen LogP contribution in [-0.2, 0) is 26.0 Å². The van der Waals surface area contributed by atoms with Crippen LogP contribution < -0.4 is 4.31 Å². The molecular formula is C21H27N3O5S. The van der Waals surface area contributed by atoms with Crippen LogP contribution in [0.5, 0.6) is 0 Å². The third-order valence-electron chi connectivity index (χ3n) is 4.91. The fraction of sp³-hybridized carbons (Fsp3) is 0.429. The van der Waals surface area contributed by atoms with Crippen LogP contribution in [0, 0.1) is 0 Å². The zero-order chi connectivity index (χ0) is 21.4. The van der Waals surface area contributed by atoms with E-state index in [1.54, 1.807) is 36.4 Å². The molecule has 0 radical (unpaired) electrons. The number of carbonyl (C=O) groups is 1. The Morgan fingerprint density at radius 2 is 1.90 bits per heavy atom. The highest BCUT2D eigenvalue weighted by atomic mass is 32.2. The van der Waals surface area contributed by atoms with E-state index >= 15 is 0 Å². The Morgan fingerprint density at radius 3 is 2.53 bits per heavy atom. The Balaban J connectivity index is 1.72. The van der Waals surface area contributed by atoms with Crippen LogP contribution in [0.2, 0.25) is 0 Å². The van der Waals surface area contributed by atoms with Crippen LogP contribution in [-0.4, -0.2) is 70.0 Å². The number of sulfonamides is 1. The summed E-state index contributed by atoms with van der Waals surface area (Å²) in [6.07, 6.45) is 1.94. The van der Waals surface area contributed by atoms with Crippen molar-refractivity contribution in [2.75, 3.05) is 50.0 Å². The third-order valence-corrected chi connectivity index (χ3v) is 6.73. The number of pyridine rings is 1. The second-order valence-corrected chi connectivity index (χ2v) is 9.01. The van der Waals surface area contributed by atoms with Crippen molar-refractivity contribution in [2.24, 2.45) is 0 Å². The van der Waals surface area contributed by atoms with Gasteiger partial charge in [0.05, 0.1) is 49.6 Å². The Hall–Kier alpha value is -2.49. The molecule has 1 aromatic heterocycles. The number of nitrogens with zero attached hydrogens (tertiary/aromatic N) is 3. The predicted octanol–water partition coefficient (Wildman–Crippen LogP) is 1.93. The SMILES string of the molecule is COC(=O)c1ccc(CN(c2ccccc2)S(=O)(=O)CCCN2CCOCC2)nc1. The lowest BCUT2D eigenvalue weighted by Gasteiger charge is -2.28. The second-order valence-electron chi connectivity index (χ2n) is 7.00. The summed E-state index contributed by atoms with van der Waals surface area (Å²) in [5, 5.41) is 0. The first-order valence-corrected chi connectivity index (χ1v) is 11.5. The molecule has 2 heterocycles. The van der Waals surface area contributed by atoms with Crippen LogP contribution in [0.25, 0.3) is 0 Å². The Morgan fingerprint density at radius 1 is 1.17 bits per heavy atom. The molecule has 0 bridgehead atoms. The van der Waals surface area contributed by atoms with Crippen LogP contribution in [0.15, 0.2) is 48.7 Å². The molecule has 0 spiro atoms. The van der Waals surface area contributed by atoms with Crippen molar-refractivity contribution in [1.82, 2.24) is 9.88 Å². The second kappa shape index (κ2) is 10.5. The highest BCUT2D eigenvalue weighted by Crippen LogP contribution is 2.21. The largest absolute Gasteiger partial charge is 0.465 e. The molecule has 2 aromatic rings. The van der Waals surface area contributed by atoms with Crippen LogP contribution in [0.1, 0.15) is 22.5 Å². The molecule has 0 atom stereocenters. The summed E-state index contributed by atoms with van der Waals surface area (Å²) >= 11 is 0. The summed E-state index contributed by atoms with van der Waals surface area (Å²) in [5.74, 6) is -0.441. The van der Waals surface area contributed by atoms with Gasteiger partial charge >= 0.3 is 5.97 Å². The number of para-hydroxylation sites is 1. The fourth-order valence-electron chi connectivity index (χ4n) is 3.25. The van der Waals surface area contributed by atoms with E-state index in [9.17, 15) is 13.2 Å². The lowest BCUT2D eigenvalue weighted by molar-refractivity contribution is 0.0381. The van der Waals surface area contributed by atoms with Crippen molar-refractivity contribution in [3.63, 3.8) is 0 Å². The van der Waals surface area contributed by atoms with Gasteiger partial charge in [-0.25, -0.2) is 13.2 Å². The van der Waals surface area contributed by atoms with E-state index in [1.165, 1.54) is 17.6 Å². The first kappa shape index (κ1) is 22.2. The Labute approximate surface area is 177 Å². The summed E-state index contributed by atoms with van der Waals surface area (Å²) in [6, 6.07) is 12.2. The average molecular weight is 434 g/mol. The van der Waals surface area contributed by atoms with Crippen molar-refractivity contribution in [2.45, 2.75) is 13.0 Å². The smallest absolute Gasteiger partial charge is 0.339 e. The molecular weight excluding hydrogens is 406 g/mol. The lowest BCUT2D eigenvalue weighted by atomic mass is 10.2. The number of anilines is 1. The molecule has 8 nitrogen and oxygen atoms in total. The molecule has 1 aliphatic rings. The van der Waals surface area contributed by atoms with E-state index < -0.39 is 16.0 Å². The quantitative estimate of drug-likeness (QED) is 0.558. The van der Waals surface area contributed by atoms with Gasteiger partial charge in [0.25, 0.3) is 0 Å². The van der Waals surface area contributed by atoms with Crippen LogP contribution >= 0.6 is 0 Å². The number of hydrogen-bond donors (Lipinski definition) is 0. The van der Waals surface area contributed by atoms with Crippen molar-refractivity contribution in [3.8, 4) is 0 Å². The number of methoxy groups -OCH3 is 1. The van der Waals surface area contributed by atoms with Crippen molar-refractivity contribution in [1.29, 1.82) is 0 Å². The molecule has 1 aromatic carbocycles. The number of esters is 1. The molecule has 1 aliphatic heterocycles. The van der Waals surface area contributed by atoms with E-state index in [2.05, 4.69) is 14.6 Å². The van der Waals surface area contributed by atoms with E-state index in [1.807, 2.05) is 6.07 Å². The van der Waals surface area contributed by atoms with Gasteiger partial charge in [-0.2, -0.15) is 0 Å². The van der Waals surface area contributed by atoms with Gasteiger partial charge in [0.2, 0.25) is 10.0 Å². The van der Waals surface area contributed by atoms with Crippen LogP contribution in [0.4, 0.5) is 5.69 Å². The highest BCUT2D eigenvalue weighted by Gasteiger charge is 2.24. The summed E-state index contributed by atoms with van der Waals surface area (Å²) in [4.78, 5) is 18.1. The molecule has 1 saturated heterocycles. The van der Waals surface area contributed by atoms with Gasteiger partial charge in [0, 0.05) is 19.3 Å². The van der Waals surface area contributed by atoms with Gasteiger partial charge in [-0.3, -0.25) is 14.2 Å². The first-order chi connectivity index (χ1) is 14.5. The monoisotopic (exact) mass is 433 g/mol. The summed E-state index contributed by atoms with van der Waals surface area (Å²) in [6.45, 7) is 3.85. The number of morpholine rings is 1. The van der Waals surface area contributed by atoms with Gasteiger partial charge in [-0.05, 0) is 37.2 Å². The number of hydrogen-bond acceptors (Lipinski definition) is 7. The minimum atomic E-state index is -3.56. The molecule has 0 aliphatic carbocycles.